The summed E-state index contributed by atoms with van der Waals surface area (Å²) < 4.78 is 28.6. The normalized spacial score (nSPS) is 15.4. The van der Waals surface area contributed by atoms with Crippen molar-refractivity contribution < 1.29 is 18.4 Å². The molecule has 2 heterocycles. The van der Waals surface area contributed by atoms with Crippen molar-refractivity contribution in [1.82, 2.24) is 19.9 Å². The second-order valence-corrected chi connectivity index (χ2v) is 8.23. The molecule has 1 saturated heterocycles. The minimum absolute atomic E-state index is 0.144. The summed E-state index contributed by atoms with van der Waals surface area (Å²) in [5, 5.41) is 8.19. The van der Waals surface area contributed by atoms with Crippen LogP contribution in [-0.2, 0) is 16.0 Å². The number of hydrogen-bond donors (Lipinski definition) is 0. The van der Waals surface area contributed by atoms with Gasteiger partial charge in [0.25, 0.3) is 0 Å². The smallest absolute Gasteiger partial charge is 0.247 e. The first-order valence-electron chi connectivity index (χ1n) is 9.64. The first kappa shape index (κ1) is 22.2. The highest BCUT2D eigenvalue weighted by Gasteiger charge is 2.35. The lowest BCUT2D eigenvalue weighted by Crippen LogP contribution is -2.57. The molecule has 0 bridgehead atoms. The number of piperazine rings is 1. The Labute approximate surface area is 192 Å². The Morgan fingerprint density at radius 1 is 1.03 bits per heavy atom. The van der Waals surface area contributed by atoms with Crippen LogP contribution in [0.3, 0.4) is 0 Å². The summed E-state index contributed by atoms with van der Waals surface area (Å²) in [5.41, 5.74) is 1.13. The van der Waals surface area contributed by atoms with E-state index in [1.165, 1.54) is 26.7 Å². The lowest BCUT2D eigenvalue weighted by atomic mass is 10.0. The van der Waals surface area contributed by atoms with E-state index in [1.807, 2.05) is 0 Å². The van der Waals surface area contributed by atoms with Gasteiger partial charge in [0.05, 0.1) is 17.6 Å². The molecule has 0 spiro atoms. The molecule has 4 rings (SSSR count). The summed E-state index contributed by atoms with van der Waals surface area (Å²) in [6.07, 6.45) is 1.61. The molecule has 32 heavy (non-hydrogen) atoms. The van der Waals surface area contributed by atoms with E-state index >= 15 is 0 Å². The Kier molecular flexibility index (Phi) is 6.12. The standard InChI is InChI=1S/C21H17Cl2F2N5O2/c1-12(6-13-2-4-15(24)8-16(13)25)28-10-21(32)29(11-20(28)31)18-7-14(22)3-5-17(18)30-9-19(23)26-27-30/h2-5,7-9,12H,6,10-11H2,1H3. The molecule has 3 aromatic rings. The Balaban J connectivity index is 1.57. The second-order valence-electron chi connectivity index (χ2n) is 7.41. The minimum atomic E-state index is -0.690. The van der Waals surface area contributed by atoms with Crippen LogP contribution in [0.4, 0.5) is 14.5 Å². The van der Waals surface area contributed by atoms with E-state index in [0.717, 1.165) is 12.1 Å². The van der Waals surface area contributed by atoms with Crippen LogP contribution in [0.25, 0.3) is 5.69 Å². The van der Waals surface area contributed by atoms with E-state index in [1.54, 1.807) is 25.1 Å². The fourth-order valence-electron chi connectivity index (χ4n) is 3.64. The van der Waals surface area contributed by atoms with Crippen molar-refractivity contribution in [2.24, 2.45) is 0 Å². The average Bonchev–Trinajstić information content (AvgIpc) is 3.17. The van der Waals surface area contributed by atoms with E-state index in [-0.39, 0.29) is 42.0 Å². The third kappa shape index (κ3) is 4.44. The summed E-state index contributed by atoms with van der Waals surface area (Å²) in [6, 6.07) is 7.65. The zero-order chi connectivity index (χ0) is 23.0. The number of benzene rings is 2. The molecule has 1 aromatic heterocycles. The molecule has 0 radical (unpaired) electrons. The Morgan fingerprint density at radius 2 is 1.81 bits per heavy atom. The number of aromatic nitrogens is 3. The molecule has 7 nitrogen and oxygen atoms in total. The Hall–Kier alpha value is -3.04. The minimum Gasteiger partial charge on any atom is -0.329 e. The molecular weight excluding hydrogens is 463 g/mol. The molecular formula is C21H17Cl2F2N5O2. The third-order valence-corrected chi connectivity index (χ3v) is 5.63. The number of halogens is 4. The summed E-state index contributed by atoms with van der Waals surface area (Å²) in [4.78, 5) is 28.6. The van der Waals surface area contributed by atoms with Gasteiger partial charge in [0.15, 0.2) is 5.15 Å². The van der Waals surface area contributed by atoms with Crippen LogP contribution in [0.1, 0.15) is 12.5 Å². The SMILES string of the molecule is CC(Cc1ccc(F)cc1F)N1CC(=O)N(c2cc(Cl)ccc2-n2cc(Cl)nn2)CC1=O. The number of hydrogen-bond acceptors (Lipinski definition) is 4. The van der Waals surface area contributed by atoms with Gasteiger partial charge in [0, 0.05) is 17.1 Å². The molecule has 11 heteroatoms. The molecule has 2 aromatic carbocycles. The maximum atomic E-state index is 14.0. The Morgan fingerprint density at radius 3 is 2.50 bits per heavy atom. The van der Waals surface area contributed by atoms with Crippen LogP contribution in [0.2, 0.25) is 10.2 Å². The number of amides is 2. The molecule has 1 aliphatic rings. The van der Waals surface area contributed by atoms with Gasteiger partial charge in [-0.3, -0.25) is 14.5 Å². The molecule has 166 valence electrons. The van der Waals surface area contributed by atoms with Gasteiger partial charge >= 0.3 is 0 Å². The first-order valence-corrected chi connectivity index (χ1v) is 10.4. The van der Waals surface area contributed by atoms with Gasteiger partial charge in [0.1, 0.15) is 24.7 Å². The van der Waals surface area contributed by atoms with Crippen molar-refractivity contribution in [3.05, 3.63) is 70.0 Å². The largest absolute Gasteiger partial charge is 0.329 e. The maximum absolute atomic E-state index is 14.0. The van der Waals surface area contributed by atoms with Gasteiger partial charge in [-0.25, -0.2) is 13.5 Å². The van der Waals surface area contributed by atoms with Crippen molar-refractivity contribution in [2.45, 2.75) is 19.4 Å². The maximum Gasteiger partial charge on any atom is 0.247 e. The van der Waals surface area contributed by atoms with Crippen LogP contribution in [-0.4, -0.2) is 50.8 Å². The van der Waals surface area contributed by atoms with Crippen LogP contribution in [0.5, 0.6) is 0 Å². The van der Waals surface area contributed by atoms with Gasteiger partial charge in [-0.05, 0) is 43.2 Å². The summed E-state index contributed by atoms with van der Waals surface area (Å²) >= 11 is 12.0. The lowest BCUT2D eigenvalue weighted by molar-refractivity contribution is -0.140. The van der Waals surface area contributed by atoms with Gasteiger partial charge in [-0.15, -0.1) is 5.10 Å². The highest BCUT2D eigenvalue weighted by molar-refractivity contribution is 6.31. The molecule has 1 unspecified atom stereocenters. The molecule has 1 fully saturated rings. The number of anilines is 1. The molecule has 0 saturated carbocycles. The van der Waals surface area contributed by atoms with Crippen LogP contribution in [0, 0.1) is 11.6 Å². The second kappa shape index (κ2) is 8.84. The Bertz CT molecular complexity index is 1200. The first-order chi connectivity index (χ1) is 15.2. The highest BCUT2D eigenvalue weighted by atomic mass is 35.5. The van der Waals surface area contributed by atoms with E-state index < -0.39 is 17.7 Å². The van der Waals surface area contributed by atoms with Gasteiger partial charge in [-0.1, -0.05) is 34.5 Å². The predicted octanol–water partition coefficient (Wildman–Crippen LogP) is 3.66. The van der Waals surface area contributed by atoms with Gasteiger partial charge < -0.3 is 4.90 Å². The van der Waals surface area contributed by atoms with Crippen molar-refractivity contribution in [1.29, 1.82) is 0 Å². The van der Waals surface area contributed by atoms with Crippen molar-refractivity contribution in [2.75, 3.05) is 18.0 Å². The van der Waals surface area contributed by atoms with Crippen molar-refractivity contribution >= 4 is 40.7 Å². The zero-order valence-corrected chi connectivity index (χ0v) is 18.3. The topological polar surface area (TPSA) is 71.3 Å². The molecule has 1 atom stereocenters. The van der Waals surface area contributed by atoms with Crippen LogP contribution in [0.15, 0.2) is 42.6 Å². The number of rotatable bonds is 5. The van der Waals surface area contributed by atoms with Gasteiger partial charge in [0.2, 0.25) is 11.8 Å². The fourth-order valence-corrected chi connectivity index (χ4v) is 3.93. The predicted molar refractivity (Wildman–Crippen MR) is 115 cm³/mol. The number of carbonyl (C=O) groups is 2. The molecule has 0 N–H and O–H groups in total. The number of carbonyl (C=O) groups excluding carboxylic acids is 2. The summed E-state index contributed by atoms with van der Waals surface area (Å²) in [7, 11) is 0. The molecule has 0 aliphatic carbocycles. The summed E-state index contributed by atoms with van der Waals surface area (Å²) in [6.45, 7) is 1.28. The van der Waals surface area contributed by atoms with E-state index in [9.17, 15) is 18.4 Å². The quantitative estimate of drug-likeness (QED) is 0.559. The van der Waals surface area contributed by atoms with Crippen molar-refractivity contribution in [3.63, 3.8) is 0 Å². The summed E-state index contributed by atoms with van der Waals surface area (Å²) in [5.74, 6) is -2.03. The zero-order valence-electron chi connectivity index (χ0n) is 16.8. The monoisotopic (exact) mass is 479 g/mol. The number of nitrogens with zero attached hydrogens (tertiary/aromatic N) is 5. The van der Waals surface area contributed by atoms with E-state index in [2.05, 4.69) is 10.3 Å². The molecule has 2 amide bonds. The average molecular weight is 480 g/mol. The van der Waals surface area contributed by atoms with Crippen LogP contribution < -0.4 is 4.90 Å². The molecule has 1 aliphatic heterocycles. The van der Waals surface area contributed by atoms with E-state index in [0.29, 0.717) is 16.4 Å². The fraction of sp³-hybridized carbons (Fsp3) is 0.238. The van der Waals surface area contributed by atoms with Gasteiger partial charge in [-0.2, -0.15) is 0 Å². The highest BCUT2D eigenvalue weighted by Crippen LogP contribution is 2.30. The van der Waals surface area contributed by atoms with E-state index in [4.69, 9.17) is 23.2 Å². The third-order valence-electron chi connectivity index (χ3n) is 5.22. The lowest BCUT2D eigenvalue weighted by Gasteiger charge is -2.38. The van der Waals surface area contributed by atoms with Crippen LogP contribution >= 0.6 is 23.2 Å². The van der Waals surface area contributed by atoms with Crippen molar-refractivity contribution in [3.8, 4) is 5.69 Å².